The molecule has 1 atom stereocenters. The summed E-state index contributed by atoms with van der Waals surface area (Å²) in [6.45, 7) is 0. The third kappa shape index (κ3) is 2.08. The summed E-state index contributed by atoms with van der Waals surface area (Å²) >= 11 is 0. The van der Waals surface area contributed by atoms with Crippen molar-refractivity contribution in [2.24, 2.45) is 0 Å². The van der Waals surface area contributed by atoms with Gasteiger partial charge < -0.3 is 25.0 Å². The minimum atomic E-state index is -1.43. The van der Waals surface area contributed by atoms with Gasteiger partial charge in [0.25, 0.3) is 0 Å². The van der Waals surface area contributed by atoms with Crippen LogP contribution in [0.5, 0.6) is 0 Å². The molecular formula is C14H12N2O5. The van der Waals surface area contributed by atoms with Crippen molar-refractivity contribution in [3.05, 3.63) is 53.4 Å². The Bertz CT molecular complexity index is 705. The average Bonchev–Trinajstić information content (AvgIpc) is 2.47. The summed E-state index contributed by atoms with van der Waals surface area (Å²) in [5.74, 6) is 0.206. The fraction of sp³-hybridized carbons (Fsp3) is 0.143. The number of hydrogen-bond donors (Lipinski definition) is 3. The fourth-order valence-electron chi connectivity index (χ4n) is 2.42. The SMILES string of the molecule is COC1=C(O)C2NC(OC(=O)O)=CC=C2c2cccnc21. The van der Waals surface area contributed by atoms with Crippen LogP contribution in [0.25, 0.3) is 11.3 Å². The number of hydrogen-bond acceptors (Lipinski definition) is 6. The Balaban J connectivity index is 2.11. The van der Waals surface area contributed by atoms with Gasteiger partial charge in [-0.15, -0.1) is 0 Å². The Morgan fingerprint density at radius 3 is 2.95 bits per heavy atom. The van der Waals surface area contributed by atoms with Gasteiger partial charge in [-0.2, -0.15) is 0 Å². The number of rotatable bonds is 2. The lowest BCUT2D eigenvalue weighted by molar-refractivity contribution is 0.111. The highest BCUT2D eigenvalue weighted by Gasteiger charge is 2.35. The van der Waals surface area contributed by atoms with Crippen LogP contribution in [0.15, 0.2) is 42.1 Å². The van der Waals surface area contributed by atoms with E-state index in [1.54, 1.807) is 18.3 Å². The molecule has 2 aliphatic rings. The van der Waals surface area contributed by atoms with Crippen molar-refractivity contribution in [3.8, 4) is 0 Å². The molecule has 1 aromatic rings. The van der Waals surface area contributed by atoms with Crippen molar-refractivity contribution in [2.45, 2.75) is 6.04 Å². The quantitative estimate of drug-likeness (QED) is 0.714. The van der Waals surface area contributed by atoms with Crippen LogP contribution >= 0.6 is 0 Å². The van der Waals surface area contributed by atoms with Gasteiger partial charge in [0.1, 0.15) is 11.7 Å². The molecule has 0 saturated carbocycles. The predicted octanol–water partition coefficient (Wildman–Crippen LogP) is 1.86. The van der Waals surface area contributed by atoms with Gasteiger partial charge in [-0.1, -0.05) is 12.1 Å². The summed E-state index contributed by atoms with van der Waals surface area (Å²) in [5.41, 5.74) is 2.10. The summed E-state index contributed by atoms with van der Waals surface area (Å²) < 4.78 is 9.80. The van der Waals surface area contributed by atoms with Gasteiger partial charge in [0.2, 0.25) is 5.88 Å². The van der Waals surface area contributed by atoms with Crippen molar-refractivity contribution in [2.75, 3.05) is 7.11 Å². The summed E-state index contributed by atoms with van der Waals surface area (Å²) in [4.78, 5) is 14.8. The summed E-state index contributed by atoms with van der Waals surface area (Å²) in [5, 5.41) is 21.8. The van der Waals surface area contributed by atoms with E-state index in [0.29, 0.717) is 5.69 Å². The van der Waals surface area contributed by atoms with Gasteiger partial charge >= 0.3 is 6.16 Å². The molecule has 7 heteroatoms. The van der Waals surface area contributed by atoms with E-state index in [1.807, 2.05) is 6.07 Å². The first kappa shape index (κ1) is 13.0. The Morgan fingerprint density at radius 1 is 1.43 bits per heavy atom. The third-order valence-corrected chi connectivity index (χ3v) is 3.25. The van der Waals surface area contributed by atoms with Crippen molar-refractivity contribution in [3.63, 3.8) is 0 Å². The first-order valence-corrected chi connectivity index (χ1v) is 6.14. The average molecular weight is 288 g/mol. The minimum absolute atomic E-state index is 0.0330. The van der Waals surface area contributed by atoms with Crippen LogP contribution < -0.4 is 5.32 Å². The van der Waals surface area contributed by atoms with Gasteiger partial charge in [-0.05, 0) is 17.7 Å². The maximum Gasteiger partial charge on any atom is 0.512 e. The molecule has 0 fully saturated rings. The number of dihydropyridines is 1. The molecule has 0 spiro atoms. The van der Waals surface area contributed by atoms with E-state index < -0.39 is 12.2 Å². The maximum atomic E-state index is 10.6. The first-order chi connectivity index (χ1) is 10.1. The molecule has 1 unspecified atom stereocenters. The molecule has 0 aromatic carbocycles. The van der Waals surface area contributed by atoms with E-state index in [1.165, 1.54) is 13.2 Å². The van der Waals surface area contributed by atoms with E-state index in [4.69, 9.17) is 9.84 Å². The number of ether oxygens (including phenoxy) is 2. The molecule has 0 radical (unpaired) electrons. The zero-order valence-corrected chi connectivity index (χ0v) is 11.0. The van der Waals surface area contributed by atoms with Crippen molar-refractivity contribution in [1.29, 1.82) is 0 Å². The summed E-state index contributed by atoms with van der Waals surface area (Å²) in [6, 6.07) is 2.99. The van der Waals surface area contributed by atoms with Gasteiger partial charge in [0, 0.05) is 11.8 Å². The van der Waals surface area contributed by atoms with Crippen LogP contribution in [0.2, 0.25) is 0 Å². The second-order valence-electron chi connectivity index (χ2n) is 4.42. The monoisotopic (exact) mass is 288 g/mol. The largest absolute Gasteiger partial charge is 0.512 e. The molecule has 21 heavy (non-hydrogen) atoms. The van der Waals surface area contributed by atoms with Crippen LogP contribution in [0, 0.1) is 0 Å². The smallest absolute Gasteiger partial charge is 0.506 e. The van der Waals surface area contributed by atoms with E-state index in [9.17, 15) is 9.90 Å². The number of fused-ring (bicyclic) bond motifs is 3. The van der Waals surface area contributed by atoms with E-state index in [2.05, 4.69) is 15.0 Å². The standard InChI is InChI=1S/C14H12N2O5/c1-20-13-11-7(3-2-6-15-11)8-4-5-9(21-14(18)19)16-10(8)12(13)17/h2-6,10,16-17H,1H3,(H,18,19). The third-order valence-electron chi connectivity index (χ3n) is 3.25. The second-order valence-corrected chi connectivity index (χ2v) is 4.42. The molecular weight excluding hydrogens is 276 g/mol. The zero-order valence-electron chi connectivity index (χ0n) is 11.0. The Morgan fingerprint density at radius 2 is 2.24 bits per heavy atom. The molecule has 1 aliphatic heterocycles. The van der Waals surface area contributed by atoms with Gasteiger partial charge in [0.15, 0.2) is 11.5 Å². The Kier molecular flexibility index (Phi) is 3.02. The highest BCUT2D eigenvalue weighted by atomic mass is 16.7. The molecule has 0 amide bonds. The van der Waals surface area contributed by atoms with E-state index in [0.717, 1.165) is 11.1 Å². The Hall–Kier alpha value is -2.96. The summed E-state index contributed by atoms with van der Waals surface area (Å²) in [7, 11) is 1.44. The van der Waals surface area contributed by atoms with Gasteiger partial charge in [-0.25, -0.2) is 4.79 Å². The predicted molar refractivity (Wildman–Crippen MR) is 72.9 cm³/mol. The number of methoxy groups -OCH3 is 1. The van der Waals surface area contributed by atoms with E-state index >= 15 is 0 Å². The van der Waals surface area contributed by atoms with E-state index in [-0.39, 0.29) is 17.4 Å². The number of pyridine rings is 1. The molecule has 1 aliphatic carbocycles. The molecule has 0 bridgehead atoms. The first-order valence-electron chi connectivity index (χ1n) is 6.14. The van der Waals surface area contributed by atoms with Crippen LogP contribution in [-0.2, 0) is 9.47 Å². The highest BCUT2D eigenvalue weighted by molar-refractivity contribution is 5.87. The van der Waals surface area contributed by atoms with Crippen LogP contribution in [0.4, 0.5) is 4.79 Å². The second kappa shape index (κ2) is 4.86. The van der Waals surface area contributed by atoms with Crippen molar-refractivity contribution < 1.29 is 24.5 Å². The zero-order chi connectivity index (χ0) is 15.0. The molecule has 2 heterocycles. The Labute approximate surface area is 119 Å². The number of carbonyl (C=O) groups is 1. The van der Waals surface area contributed by atoms with Gasteiger partial charge in [0.05, 0.1) is 7.11 Å². The number of nitrogens with one attached hydrogen (secondary N) is 1. The maximum absolute atomic E-state index is 10.6. The number of aromatic nitrogens is 1. The fourth-order valence-corrected chi connectivity index (χ4v) is 2.42. The van der Waals surface area contributed by atoms with Crippen LogP contribution in [0.1, 0.15) is 11.3 Å². The molecule has 108 valence electrons. The lowest BCUT2D eigenvalue weighted by Crippen LogP contribution is -2.38. The number of aliphatic hydroxyl groups is 1. The molecule has 1 aromatic heterocycles. The number of nitrogens with zero attached hydrogens (tertiary/aromatic N) is 1. The lowest BCUT2D eigenvalue weighted by Gasteiger charge is -2.31. The summed E-state index contributed by atoms with van der Waals surface area (Å²) in [6.07, 6.45) is 3.35. The number of carboxylic acid groups (broad SMARTS) is 1. The topological polar surface area (TPSA) is 101 Å². The molecule has 0 saturated heterocycles. The molecule has 3 rings (SSSR count). The minimum Gasteiger partial charge on any atom is -0.506 e. The lowest BCUT2D eigenvalue weighted by atomic mass is 9.87. The van der Waals surface area contributed by atoms with Crippen molar-refractivity contribution >= 4 is 17.5 Å². The number of allylic oxidation sites excluding steroid dienone is 2. The highest BCUT2D eigenvalue weighted by Crippen LogP contribution is 2.38. The van der Waals surface area contributed by atoms with Crippen molar-refractivity contribution in [1.82, 2.24) is 10.3 Å². The number of aliphatic hydroxyl groups excluding tert-OH is 1. The van der Waals surface area contributed by atoms with Crippen LogP contribution in [0.3, 0.4) is 0 Å². The molecule has 3 N–H and O–H groups in total. The van der Waals surface area contributed by atoms with Gasteiger partial charge in [-0.3, -0.25) is 4.98 Å². The normalized spacial score (nSPS) is 19.6. The van der Waals surface area contributed by atoms with Crippen LogP contribution in [-0.4, -0.2) is 34.5 Å². The molecule has 7 nitrogen and oxygen atoms in total.